The third-order valence-electron chi connectivity index (χ3n) is 7.50. The highest BCUT2D eigenvalue weighted by molar-refractivity contribution is 5.77. The number of nitrogen functional groups attached to an aromatic ring is 1. The summed E-state index contributed by atoms with van der Waals surface area (Å²) in [6.45, 7) is 0. The summed E-state index contributed by atoms with van der Waals surface area (Å²) in [5.41, 5.74) is 14.4. The van der Waals surface area contributed by atoms with E-state index in [1.165, 1.54) is 28.7 Å². The van der Waals surface area contributed by atoms with Crippen molar-refractivity contribution in [3.8, 4) is 0 Å². The minimum atomic E-state index is 0.190. The van der Waals surface area contributed by atoms with Crippen LogP contribution < -0.4 is 5.73 Å². The molecule has 0 amide bonds. The van der Waals surface area contributed by atoms with Crippen molar-refractivity contribution < 1.29 is 0 Å². The van der Waals surface area contributed by atoms with Gasteiger partial charge >= 0.3 is 0 Å². The van der Waals surface area contributed by atoms with Gasteiger partial charge in [0, 0.05) is 11.8 Å². The first-order valence-electron chi connectivity index (χ1n) is 12.4. The summed E-state index contributed by atoms with van der Waals surface area (Å²) in [4.78, 5) is 4.35. The van der Waals surface area contributed by atoms with Crippen LogP contribution in [0.2, 0.25) is 0 Å². The molecule has 2 heterocycles. The van der Waals surface area contributed by atoms with Crippen molar-refractivity contribution >= 4 is 17.0 Å². The Kier molecular flexibility index (Phi) is 5.75. The summed E-state index contributed by atoms with van der Waals surface area (Å²) >= 11 is 0. The number of hydrogen-bond acceptors (Lipinski definition) is 4. The summed E-state index contributed by atoms with van der Waals surface area (Å²) < 4.78 is 0. The smallest absolute Gasteiger partial charge is 0.203 e. The van der Waals surface area contributed by atoms with E-state index in [0.29, 0.717) is 23.3 Å². The number of aromatic amines is 1. The summed E-state index contributed by atoms with van der Waals surface area (Å²) in [6.07, 6.45) is 4.47. The van der Waals surface area contributed by atoms with Crippen molar-refractivity contribution in [1.82, 2.24) is 20.4 Å². The lowest BCUT2D eigenvalue weighted by Gasteiger charge is -2.20. The van der Waals surface area contributed by atoms with Gasteiger partial charge in [-0.1, -0.05) is 91.3 Å². The predicted molar refractivity (Wildman–Crippen MR) is 140 cm³/mol. The second-order valence-corrected chi connectivity index (χ2v) is 9.55. The molecule has 35 heavy (non-hydrogen) atoms. The predicted octanol–water partition coefficient (Wildman–Crippen LogP) is 6.56. The van der Waals surface area contributed by atoms with Crippen molar-refractivity contribution in [2.45, 2.75) is 43.4 Å². The van der Waals surface area contributed by atoms with Crippen LogP contribution >= 0.6 is 0 Å². The van der Waals surface area contributed by atoms with E-state index >= 15 is 0 Å². The van der Waals surface area contributed by atoms with Gasteiger partial charge in [-0.3, -0.25) is 0 Å². The van der Waals surface area contributed by atoms with Crippen LogP contribution in [-0.4, -0.2) is 20.4 Å². The maximum absolute atomic E-state index is 6.16. The molecule has 1 aliphatic rings. The molecular formula is C30H29N5. The van der Waals surface area contributed by atoms with Gasteiger partial charge in [0.05, 0.1) is 0 Å². The molecule has 174 valence electrons. The second-order valence-electron chi connectivity index (χ2n) is 9.55. The van der Waals surface area contributed by atoms with Gasteiger partial charge in [0.15, 0.2) is 0 Å². The number of hydrogen-bond donors (Lipinski definition) is 2. The van der Waals surface area contributed by atoms with E-state index in [4.69, 9.17) is 5.73 Å². The maximum Gasteiger partial charge on any atom is 0.203 e. The Bertz CT molecular complexity index is 1430. The van der Waals surface area contributed by atoms with E-state index in [1.54, 1.807) is 0 Å². The Morgan fingerprint density at radius 2 is 1.57 bits per heavy atom. The first kappa shape index (κ1) is 21.5. The second kappa shape index (κ2) is 9.34. The third kappa shape index (κ3) is 4.18. The van der Waals surface area contributed by atoms with Gasteiger partial charge in [-0.25, -0.2) is 4.98 Å². The Morgan fingerprint density at radius 3 is 2.37 bits per heavy atom. The molecule has 1 aliphatic carbocycles. The number of fused-ring (bicyclic) bond motifs is 2. The van der Waals surface area contributed by atoms with Crippen LogP contribution in [0.25, 0.3) is 11.2 Å². The number of pyridine rings is 1. The molecule has 5 heteroatoms. The molecule has 3 N–H and O–H groups in total. The van der Waals surface area contributed by atoms with Crippen molar-refractivity contribution in [3.63, 3.8) is 0 Å². The first-order chi connectivity index (χ1) is 17.3. The van der Waals surface area contributed by atoms with Crippen LogP contribution in [-0.2, 0) is 0 Å². The van der Waals surface area contributed by atoms with Gasteiger partial charge < -0.3 is 5.73 Å². The number of aromatic nitrogens is 4. The number of nitrogens with two attached hydrogens (primary N) is 1. The van der Waals surface area contributed by atoms with Gasteiger partial charge in [0.1, 0.15) is 11.3 Å². The highest BCUT2D eigenvalue weighted by Gasteiger charge is 2.31. The number of benzene rings is 3. The van der Waals surface area contributed by atoms with E-state index in [1.807, 2.05) is 6.07 Å². The molecule has 0 fully saturated rings. The third-order valence-corrected chi connectivity index (χ3v) is 7.50. The maximum atomic E-state index is 6.16. The number of nitrogens with one attached hydrogen (secondary N) is 1. The van der Waals surface area contributed by atoms with Crippen molar-refractivity contribution in [2.75, 3.05) is 5.73 Å². The summed E-state index contributed by atoms with van der Waals surface area (Å²) in [6, 6.07) is 32.6. The molecule has 2 aromatic heterocycles. The molecule has 0 spiro atoms. The lowest BCUT2D eigenvalue weighted by Crippen LogP contribution is -2.06. The summed E-state index contributed by atoms with van der Waals surface area (Å²) in [5, 5.41) is 11.3. The van der Waals surface area contributed by atoms with Crippen molar-refractivity contribution in [1.29, 1.82) is 0 Å². The standard InChI is InChI=1S/C30H29N5/c31-28-19-27(29-30(32-28)34-35-33-29)23(20-10-3-1-4-11-20)17-9-14-22-18-26(21-12-5-2-6-13-21)25-16-8-7-15-24(22)25/h1-8,10-13,15-16,19,22-23,26H,9,14,17-18H2,(H3,31,32,33,34,35)/t22-,23-,26-/m0/s1. The van der Waals surface area contributed by atoms with Crippen LogP contribution in [0.15, 0.2) is 91.0 Å². The Hall–Kier alpha value is -3.99. The molecule has 0 saturated carbocycles. The van der Waals surface area contributed by atoms with E-state index in [9.17, 15) is 0 Å². The topological polar surface area (TPSA) is 80.5 Å². The zero-order chi connectivity index (χ0) is 23.6. The number of H-pyrrole nitrogens is 1. The van der Waals surface area contributed by atoms with E-state index in [-0.39, 0.29) is 5.92 Å². The van der Waals surface area contributed by atoms with Gasteiger partial charge in [0.2, 0.25) is 5.65 Å². The number of anilines is 1. The normalized spacial score (nSPS) is 17.9. The number of nitrogens with zero attached hydrogens (tertiary/aromatic N) is 3. The summed E-state index contributed by atoms with van der Waals surface area (Å²) in [7, 11) is 0. The zero-order valence-corrected chi connectivity index (χ0v) is 19.6. The number of rotatable bonds is 7. The molecular weight excluding hydrogens is 430 g/mol. The zero-order valence-electron chi connectivity index (χ0n) is 19.6. The van der Waals surface area contributed by atoms with Crippen LogP contribution in [0.3, 0.4) is 0 Å². The monoisotopic (exact) mass is 459 g/mol. The minimum absolute atomic E-state index is 0.190. The van der Waals surface area contributed by atoms with Crippen LogP contribution in [0, 0.1) is 0 Å². The average molecular weight is 460 g/mol. The molecule has 3 aromatic carbocycles. The largest absolute Gasteiger partial charge is 0.384 e. The van der Waals surface area contributed by atoms with Crippen LogP contribution in [0.5, 0.6) is 0 Å². The van der Waals surface area contributed by atoms with E-state index in [2.05, 4.69) is 105 Å². The van der Waals surface area contributed by atoms with Crippen molar-refractivity contribution in [2.24, 2.45) is 0 Å². The molecule has 0 unspecified atom stereocenters. The first-order valence-corrected chi connectivity index (χ1v) is 12.4. The van der Waals surface area contributed by atoms with Crippen LogP contribution in [0.4, 0.5) is 5.82 Å². The van der Waals surface area contributed by atoms with Crippen LogP contribution in [0.1, 0.15) is 71.3 Å². The molecule has 5 aromatic rings. The fourth-order valence-electron chi connectivity index (χ4n) is 5.91. The Labute approximate surface area is 205 Å². The van der Waals surface area contributed by atoms with E-state index < -0.39 is 0 Å². The van der Waals surface area contributed by atoms with Gasteiger partial charge in [0.25, 0.3) is 0 Å². The Morgan fingerprint density at radius 1 is 0.857 bits per heavy atom. The average Bonchev–Trinajstić information content (AvgIpc) is 3.52. The lowest BCUT2D eigenvalue weighted by atomic mass is 9.84. The lowest BCUT2D eigenvalue weighted by molar-refractivity contribution is 0.534. The fourth-order valence-corrected chi connectivity index (χ4v) is 5.91. The molecule has 0 radical (unpaired) electrons. The van der Waals surface area contributed by atoms with Gasteiger partial charge in [-0.05, 0) is 59.1 Å². The molecule has 6 rings (SSSR count). The summed E-state index contributed by atoms with van der Waals surface area (Å²) in [5.74, 6) is 1.73. The highest BCUT2D eigenvalue weighted by Crippen LogP contribution is 2.47. The minimum Gasteiger partial charge on any atom is -0.384 e. The quantitative estimate of drug-likeness (QED) is 0.289. The molecule has 3 atom stereocenters. The molecule has 0 saturated heterocycles. The highest BCUT2D eigenvalue weighted by atomic mass is 15.3. The molecule has 0 aliphatic heterocycles. The van der Waals surface area contributed by atoms with Gasteiger partial charge in [-0.2, -0.15) is 10.3 Å². The SMILES string of the molecule is Nc1cc([C@@H](CCC[C@H]2C[C@@H](c3ccccc3)c3ccccc32)c2ccccc2)c2n[nH]nc2n1. The molecule has 0 bridgehead atoms. The fraction of sp³-hybridized carbons (Fsp3) is 0.233. The van der Waals surface area contributed by atoms with Crippen molar-refractivity contribution in [3.05, 3.63) is 119 Å². The van der Waals surface area contributed by atoms with E-state index in [0.717, 1.165) is 30.3 Å². The molecule has 5 nitrogen and oxygen atoms in total. The Balaban J connectivity index is 1.26. The van der Waals surface area contributed by atoms with Gasteiger partial charge in [-0.15, -0.1) is 5.10 Å².